The third-order valence-corrected chi connectivity index (χ3v) is 3.94. The molecule has 0 spiro atoms. The van der Waals surface area contributed by atoms with E-state index in [0.717, 1.165) is 19.4 Å². The van der Waals surface area contributed by atoms with Crippen molar-refractivity contribution in [3.63, 3.8) is 0 Å². The van der Waals surface area contributed by atoms with Gasteiger partial charge < -0.3 is 10.1 Å². The molecule has 1 saturated heterocycles. The lowest BCUT2D eigenvalue weighted by molar-refractivity contribution is -0.142. The molecule has 0 aromatic heterocycles. The first-order valence-corrected chi connectivity index (χ1v) is 7.55. The predicted octanol–water partition coefficient (Wildman–Crippen LogP) is -0.389. The second-order valence-corrected chi connectivity index (χ2v) is 5.94. The molecule has 1 unspecified atom stereocenters. The summed E-state index contributed by atoms with van der Waals surface area (Å²) in [5.74, 6) is -0.685. The molecule has 2 N–H and O–H groups in total. The van der Waals surface area contributed by atoms with Crippen molar-refractivity contribution in [2.75, 3.05) is 25.4 Å². The quantitative estimate of drug-likeness (QED) is 0.612. The van der Waals surface area contributed by atoms with E-state index in [-0.39, 0.29) is 24.8 Å². The number of carbonyl (C=O) groups excluding carboxylic acids is 1. The number of hydrogen-bond acceptors (Lipinski definition) is 5. The van der Waals surface area contributed by atoms with Crippen LogP contribution in [0.5, 0.6) is 0 Å². The number of ether oxygens (including phenoxy) is 1. The molecule has 6 nitrogen and oxygen atoms in total. The van der Waals surface area contributed by atoms with Crippen LogP contribution < -0.4 is 10.0 Å². The molecule has 1 atom stereocenters. The minimum atomic E-state index is -3.37. The van der Waals surface area contributed by atoms with E-state index in [0.29, 0.717) is 6.54 Å². The van der Waals surface area contributed by atoms with E-state index in [2.05, 4.69) is 14.8 Å². The summed E-state index contributed by atoms with van der Waals surface area (Å²) in [7, 11) is -3.37. The second-order valence-electron chi connectivity index (χ2n) is 4.02. The maximum absolute atomic E-state index is 11.5. The SMILES string of the molecule is CCOC(=O)CCS(=O)(=O)NCC1CCCN1. The molecule has 1 rings (SSSR count). The average Bonchev–Trinajstić information content (AvgIpc) is 2.77. The highest BCUT2D eigenvalue weighted by Crippen LogP contribution is 2.04. The van der Waals surface area contributed by atoms with Gasteiger partial charge in [0.15, 0.2) is 0 Å². The highest BCUT2D eigenvalue weighted by atomic mass is 32.2. The Morgan fingerprint density at radius 1 is 1.53 bits per heavy atom. The first-order chi connectivity index (χ1) is 8.03. The summed E-state index contributed by atoms with van der Waals surface area (Å²) < 4.78 is 30.3. The lowest BCUT2D eigenvalue weighted by Gasteiger charge is -2.11. The maximum atomic E-state index is 11.5. The van der Waals surface area contributed by atoms with Crippen molar-refractivity contribution in [1.82, 2.24) is 10.0 Å². The predicted molar refractivity (Wildman–Crippen MR) is 64.1 cm³/mol. The lowest BCUT2D eigenvalue weighted by Crippen LogP contribution is -2.38. The molecule has 0 bridgehead atoms. The molecule has 1 fully saturated rings. The Kier molecular flexibility index (Phi) is 5.87. The van der Waals surface area contributed by atoms with Gasteiger partial charge in [0.1, 0.15) is 0 Å². The minimum Gasteiger partial charge on any atom is -0.466 e. The van der Waals surface area contributed by atoms with Crippen LogP contribution in [0.1, 0.15) is 26.2 Å². The van der Waals surface area contributed by atoms with Crippen LogP contribution in [-0.2, 0) is 19.6 Å². The van der Waals surface area contributed by atoms with Crippen LogP contribution in [0.2, 0.25) is 0 Å². The highest BCUT2D eigenvalue weighted by Gasteiger charge is 2.18. The summed E-state index contributed by atoms with van der Waals surface area (Å²) in [4.78, 5) is 11.0. The van der Waals surface area contributed by atoms with Gasteiger partial charge in [-0.25, -0.2) is 13.1 Å². The van der Waals surface area contributed by atoms with Crippen LogP contribution in [-0.4, -0.2) is 45.9 Å². The Balaban J connectivity index is 2.23. The average molecular weight is 264 g/mol. The van der Waals surface area contributed by atoms with E-state index >= 15 is 0 Å². The minimum absolute atomic E-state index is 0.0960. The highest BCUT2D eigenvalue weighted by molar-refractivity contribution is 7.89. The van der Waals surface area contributed by atoms with Gasteiger partial charge in [-0.2, -0.15) is 0 Å². The molecule has 17 heavy (non-hydrogen) atoms. The molecule has 0 saturated carbocycles. The van der Waals surface area contributed by atoms with Gasteiger partial charge >= 0.3 is 5.97 Å². The first-order valence-electron chi connectivity index (χ1n) is 5.90. The van der Waals surface area contributed by atoms with Crippen LogP contribution in [0.15, 0.2) is 0 Å². The molecular weight excluding hydrogens is 244 g/mol. The fraction of sp³-hybridized carbons (Fsp3) is 0.900. The standard InChI is InChI=1S/C10H20N2O4S/c1-2-16-10(13)5-7-17(14,15)12-8-9-4-3-6-11-9/h9,11-12H,2-8H2,1H3. The fourth-order valence-electron chi connectivity index (χ4n) is 1.68. The number of sulfonamides is 1. The summed E-state index contributed by atoms with van der Waals surface area (Å²) in [5.41, 5.74) is 0. The van der Waals surface area contributed by atoms with Gasteiger partial charge in [0.2, 0.25) is 10.0 Å². The molecule has 0 radical (unpaired) electrons. The van der Waals surface area contributed by atoms with Crippen molar-refractivity contribution in [2.45, 2.75) is 32.2 Å². The summed E-state index contributed by atoms with van der Waals surface area (Å²) >= 11 is 0. The van der Waals surface area contributed by atoms with Gasteiger partial charge in [-0.15, -0.1) is 0 Å². The Morgan fingerprint density at radius 3 is 2.88 bits per heavy atom. The number of carbonyl (C=O) groups is 1. The lowest BCUT2D eigenvalue weighted by atomic mass is 10.2. The van der Waals surface area contributed by atoms with Crippen LogP contribution >= 0.6 is 0 Å². The van der Waals surface area contributed by atoms with E-state index in [4.69, 9.17) is 0 Å². The summed E-state index contributed by atoms with van der Waals surface area (Å²) in [6.45, 7) is 3.30. The van der Waals surface area contributed by atoms with Crippen molar-refractivity contribution in [3.8, 4) is 0 Å². The van der Waals surface area contributed by atoms with Gasteiger partial charge in [0, 0.05) is 12.6 Å². The molecule has 1 aliphatic heterocycles. The van der Waals surface area contributed by atoms with Gasteiger partial charge in [-0.3, -0.25) is 4.79 Å². The Hall–Kier alpha value is -0.660. The van der Waals surface area contributed by atoms with Crippen molar-refractivity contribution in [2.24, 2.45) is 0 Å². The number of esters is 1. The molecule has 1 aliphatic rings. The third kappa shape index (κ3) is 5.99. The molecular formula is C10H20N2O4S. The molecule has 0 aliphatic carbocycles. The zero-order valence-corrected chi connectivity index (χ0v) is 10.9. The molecule has 1 heterocycles. The van der Waals surface area contributed by atoms with Crippen molar-refractivity contribution in [3.05, 3.63) is 0 Å². The first kappa shape index (κ1) is 14.4. The van der Waals surface area contributed by atoms with E-state index in [1.54, 1.807) is 6.92 Å². The van der Waals surface area contributed by atoms with Gasteiger partial charge in [-0.1, -0.05) is 0 Å². The zero-order valence-electron chi connectivity index (χ0n) is 10.1. The van der Waals surface area contributed by atoms with E-state index < -0.39 is 16.0 Å². The van der Waals surface area contributed by atoms with E-state index in [1.165, 1.54) is 0 Å². The Labute approximate surface area is 102 Å². The van der Waals surface area contributed by atoms with Crippen LogP contribution in [0.4, 0.5) is 0 Å². The monoisotopic (exact) mass is 264 g/mol. The van der Waals surface area contributed by atoms with Crippen LogP contribution in [0.3, 0.4) is 0 Å². The topological polar surface area (TPSA) is 84.5 Å². The maximum Gasteiger partial charge on any atom is 0.306 e. The van der Waals surface area contributed by atoms with Crippen molar-refractivity contribution >= 4 is 16.0 Å². The Morgan fingerprint density at radius 2 is 2.29 bits per heavy atom. The third-order valence-electron chi connectivity index (χ3n) is 2.59. The van der Waals surface area contributed by atoms with Crippen molar-refractivity contribution in [1.29, 1.82) is 0 Å². The van der Waals surface area contributed by atoms with Gasteiger partial charge in [-0.05, 0) is 26.3 Å². The summed E-state index contributed by atoms with van der Waals surface area (Å²) in [6.07, 6.45) is 1.97. The molecule has 0 aromatic rings. The summed E-state index contributed by atoms with van der Waals surface area (Å²) in [6, 6.07) is 0.215. The smallest absolute Gasteiger partial charge is 0.306 e. The van der Waals surface area contributed by atoms with Crippen molar-refractivity contribution < 1.29 is 17.9 Å². The van der Waals surface area contributed by atoms with E-state index in [9.17, 15) is 13.2 Å². The second kappa shape index (κ2) is 6.93. The van der Waals surface area contributed by atoms with Crippen LogP contribution in [0, 0.1) is 0 Å². The number of hydrogen-bond donors (Lipinski definition) is 2. The number of nitrogens with one attached hydrogen (secondary N) is 2. The molecule has 100 valence electrons. The van der Waals surface area contributed by atoms with Gasteiger partial charge in [0.25, 0.3) is 0 Å². The fourth-order valence-corrected chi connectivity index (χ4v) is 2.72. The molecule has 7 heteroatoms. The number of rotatable bonds is 7. The van der Waals surface area contributed by atoms with E-state index in [1.807, 2.05) is 0 Å². The molecule has 0 amide bonds. The summed E-state index contributed by atoms with van der Waals surface area (Å²) in [5, 5.41) is 3.20. The molecule has 0 aromatic carbocycles. The normalized spacial score (nSPS) is 20.4. The van der Waals surface area contributed by atoms with Gasteiger partial charge in [0.05, 0.1) is 18.8 Å². The van der Waals surface area contributed by atoms with Crippen LogP contribution in [0.25, 0.3) is 0 Å². The Bertz CT molecular complexity index is 336. The zero-order chi connectivity index (χ0) is 12.7. The largest absolute Gasteiger partial charge is 0.466 e.